The second kappa shape index (κ2) is 7.76. The number of rotatable bonds is 5. The highest BCUT2D eigenvalue weighted by Crippen LogP contribution is 2.41. The smallest absolute Gasteiger partial charge is 0.355 e. The molecule has 0 aliphatic heterocycles. The molecule has 2 atom stereocenters. The molecule has 2 unspecified atom stereocenters. The molecule has 1 heterocycles. The van der Waals surface area contributed by atoms with E-state index in [1.807, 2.05) is 31.2 Å². The first-order chi connectivity index (χ1) is 12.4. The Bertz CT molecular complexity index is 836. The quantitative estimate of drug-likeness (QED) is 0.786. The Morgan fingerprint density at radius 1 is 1.38 bits per heavy atom. The number of halogens is 1. The standard InChI is InChI=1S/C19H21ClN2O3S/c1-3-16(23)22(19-21-17(18(24)25)11(2)26-19)15-9-5-8-14(15)12-6-4-7-13(20)10-12/h4,6-7,10,14-15H,3,5,8-9H2,1-2H3,(H,24,25). The molecular weight excluding hydrogens is 372 g/mol. The van der Waals surface area contributed by atoms with Crippen LogP contribution in [0.2, 0.25) is 5.02 Å². The third-order valence-corrected chi connectivity index (χ3v) is 6.06. The number of carbonyl (C=O) groups is 2. The summed E-state index contributed by atoms with van der Waals surface area (Å²) in [6, 6.07) is 7.73. The summed E-state index contributed by atoms with van der Waals surface area (Å²) in [5.41, 5.74) is 1.14. The lowest BCUT2D eigenvalue weighted by atomic mass is 9.93. The van der Waals surface area contributed by atoms with Crippen LogP contribution in [0, 0.1) is 6.92 Å². The van der Waals surface area contributed by atoms with Crippen molar-refractivity contribution in [2.45, 2.75) is 51.5 Å². The summed E-state index contributed by atoms with van der Waals surface area (Å²) in [7, 11) is 0. The monoisotopic (exact) mass is 392 g/mol. The molecule has 0 saturated heterocycles. The number of hydrogen-bond acceptors (Lipinski definition) is 4. The van der Waals surface area contributed by atoms with Crippen molar-refractivity contribution < 1.29 is 14.7 Å². The summed E-state index contributed by atoms with van der Waals surface area (Å²) in [6.45, 7) is 3.54. The molecule has 7 heteroatoms. The van der Waals surface area contributed by atoms with Gasteiger partial charge in [-0.3, -0.25) is 9.69 Å². The molecule has 0 bridgehead atoms. The number of thiazole rings is 1. The van der Waals surface area contributed by atoms with Gasteiger partial charge in [-0.05, 0) is 37.5 Å². The molecular formula is C19H21ClN2O3S. The number of aromatic nitrogens is 1. The molecule has 0 spiro atoms. The fourth-order valence-corrected chi connectivity index (χ4v) is 4.84. The van der Waals surface area contributed by atoms with E-state index in [1.165, 1.54) is 11.3 Å². The molecule has 1 aromatic heterocycles. The van der Waals surface area contributed by atoms with Crippen LogP contribution in [0.4, 0.5) is 5.13 Å². The first-order valence-electron chi connectivity index (χ1n) is 8.70. The van der Waals surface area contributed by atoms with Crippen LogP contribution in [-0.4, -0.2) is 28.0 Å². The molecule has 5 nitrogen and oxygen atoms in total. The first kappa shape index (κ1) is 18.9. The lowest BCUT2D eigenvalue weighted by Gasteiger charge is -2.31. The summed E-state index contributed by atoms with van der Waals surface area (Å²) >= 11 is 7.43. The molecule has 0 radical (unpaired) electrons. The third kappa shape index (κ3) is 3.62. The van der Waals surface area contributed by atoms with E-state index in [4.69, 9.17) is 11.6 Å². The van der Waals surface area contributed by atoms with E-state index in [-0.39, 0.29) is 23.6 Å². The predicted octanol–water partition coefficient (Wildman–Crippen LogP) is 4.88. The molecule has 3 rings (SSSR count). The van der Waals surface area contributed by atoms with Gasteiger partial charge in [0.05, 0.1) is 0 Å². The van der Waals surface area contributed by atoms with E-state index in [9.17, 15) is 14.7 Å². The van der Waals surface area contributed by atoms with Gasteiger partial charge in [-0.1, -0.05) is 37.1 Å². The minimum Gasteiger partial charge on any atom is -0.476 e. The van der Waals surface area contributed by atoms with Gasteiger partial charge in [0.2, 0.25) is 5.91 Å². The van der Waals surface area contributed by atoms with Gasteiger partial charge >= 0.3 is 5.97 Å². The predicted molar refractivity (Wildman–Crippen MR) is 103 cm³/mol. The van der Waals surface area contributed by atoms with Crippen molar-refractivity contribution in [2.75, 3.05) is 4.90 Å². The van der Waals surface area contributed by atoms with Crippen molar-refractivity contribution >= 4 is 39.9 Å². The number of amides is 1. The Hall–Kier alpha value is -1.92. The van der Waals surface area contributed by atoms with Gasteiger partial charge in [0.1, 0.15) is 0 Å². The SMILES string of the molecule is CCC(=O)N(c1nc(C(=O)O)c(C)s1)C1CCCC1c1cccc(Cl)c1. The Morgan fingerprint density at radius 3 is 2.77 bits per heavy atom. The van der Waals surface area contributed by atoms with Gasteiger partial charge < -0.3 is 5.11 Å². The largest absolute Gasteiger partial charge is 0.476 e. The minimum atomic E-state index is -1.06. The summed E-state index contributed by atoms with van der Waals surface area (Å²) in [6.07, 6.45) is 3.18. The minimum absolute atomic E-state index is 0.0243. The zero-order valence-electron chi connectivity index (χ0n) is 14.7. The summed E-state index contributed by atoms with van der Waals surface area (Å²) in [4.78, 5) is 30.7. The van der Waals surface area contributed by atoms with E-state index in [0.29, 0.717) is 21.5 Å². The van der Waals surface area contributed by atoms with Gasteiger partial charge in [-0.2, -0.15) is 0 Å². The fraction of sp³-hybridized carbons (Fsp3) is 0.421. The van der Waals surface area contributed by atoms with Gasteiger partial charge in [0.25, 0.3) is 0 Å². The van der Waals surface area contributed by atoms with E-state index < -0.39 is 5.97 Å². The molecule has 1 aromatic carbocycles. The van der Waals surface area contributed by atoms with Gasteiger partial charge in [-0.25, -0.2) is 9.78 Å². The number of aryl methyl sites for hydroxylation is 1. The Labute approximate surface area is 161 Å². The van der Waals surface area contributed by atoms with Gasteiger partial charge in [-0.15, -0.1) is 11.3 Å². The third-order valence-electron chi connectivity index (χ3n) is 4.85. The molecule has 138 valence electrons. The first-order valence-corrected chi connectivity index (χ1v) is 9.90. The molecule has 1 N–H and O–H groups in total. The zero-order chi connectivity index (χ0) is 18.8. The zero-order valence-corrected chi connectivity index (χ0v) is 16.3. The Morgan fingerprint density at radius 2 is 2.15 bits per heavy atom. The number of carboxylic acids is 1. The number of carbonyl (C=O) groups excluding carboxylic acids is 1. The highest BCUT2D eigenvalue weighted by molar-refractivity contribution is 7.16. The second-order valence-corrected chi connectivity index (χ2v) is 8.10. The Kier molecular flexibility index (Phi) is 5.63. The number of hydrogen-bond donors (Lipinski definition) is 1. The van der Waals surface area contributed by atoms with Gasteiger partial charge in [0, 0.05) is 28.3 Å². The number of carboxylic acid groups (broad SMARTS) is 1. The highest BCUT2D eigenvalue weighted by Gasteiger charge is 2.38. The van der Waals surface area contributed by atoms with E-state index in [0.717, 1.165) is 24.8 Å². The molecule has 1 aliphatic carbocycles. The van der Waals surface area contributed by atoms with Crippen molar-refractivity contribution in [1.29, 1.82) is 0 Å². The van der Waals surface area contributed by atoms with Crippen LogP contribution in [0.15, 0.2) is 24.3 Å². The fourth-order valence-electron chi connectivity index (χ4n) is 3.66. The normalized spacial score (nSPS) is 19.5. The van der Waals surface area contributed by atoms with E-state index in [1.54, 1.807) is 11.8 Å². The summed E-state index contributed by atoms with van der Waals surface area (Å²) < 4.78 is 0. The summed E-state index contributed by atoms with van der Waals surface area (Å²) in [5.74, 6) is -0.928. The molecule has 1 saturated carbocycles. The van der Waals surface area contributed by atoms with Crippen molar-refractivity contribution in [3.8, 4) is 0 Å². The number of nitrogens with zero attached hydrogens (tertiary/aromatic N) is 2. The molecule has 26 heavy (non-hydrogen) atoms. The molecule has 1 aliphatic rings. The van der Waals surface area contributed by atoms with E-state index >= 15 is 0 Å². The average molecular weight is 393 g/mol. The number of anilines is 1. The maximum absolute atomic E-state index is 12.8. The average Bonchev–Trinajstić information content (AvgIpc) is 3.22. The summed E-state index contributed by atoms with van der Waals surface area (Å²) in [5, 5.41) is 10.5. The number of benzene rings is 1. The van der Waals surface area contributed by atoms with Crippen LogP contribution in [0.25, 0.3) is 0 Å². The van der Waals surface area contributed by atoms with Crippen molar-refractivity contribution in [3.63, 3.8) is 0 Å². The van der Waals surface area contributed by atoms with Crippen LogP contribution in [0.5, 0.6) is 0 Å². The van der Waals surface area contributed by atoms with Crippen molar-refractivity contribution in [3.05, 3.63) is 45.4 Å². The lowest BCUT2D eigenvalue weighted by molar-refractivity contribution is -0.118. The van der Waals surface area contributed by atoms with Gasteiger partial charge in [0.15, 0.2) is 10.8 Å². The highest BCUT2D eigenvalue weighted by atomic mass is 35.5. The molecule has 1 amide bonds. The number of aromatic carboxylic acids is 1. The van der Waals surface area contributed by atoms with Crippen LogP contribution in [0.3, 0.4) is 0 Å². The topological polar surface area (TPSA) is 70.5 Å². The van der Waals surface area contributed by atoms with Crippen LogP contribution in [-0.2, 0) is 4.79 Å². The molecule has 1 fully saturated rings. The van der Waals surface area contributed by atoms with Crippen LogP contribution in [0.1, 0.15) is 59.5 Å². The maximum Gasteiger partial charge on any atom is 0.355 e. The lowest BCUT2D eigenvalue weighted by Crippen LogP contribution is -2.41. The van der Waals surface area contributed by atoms with Crippen molar-refractivity contribution in [2.24, 2.45) is 0 Å². The second-order valence-electron chi connectivity index (χ2n) is 6.48. The van der Waals surface area contributed by atoms with Crippen LogP contribution >= 0.6 is 22.9 Å². The molecule has 2 aromatic rings. The maximum atomic E-state index is 12.8. The van der Waals surface area contributed by atoms with E-state index in [2.05, 4.69) is 4.98 Å². The van der Waals surface area contributed by atoms with Crippen LogP contribution < -0.4 is 4.90 Å². The van der Waals surface area contributed by atoms with Crippen molar-refractivity contribution in [1.82, 2.24) is 4.98 Å². The Balaban J connectivity index is 2.01.